The molecule has 3 rings (SSSR count). The van der Waals surface area contributed by atoms with Crippen molar-refractivity contribution in [3.8, 4) is 0 Å². The van der Waals surface area contributed by atoms with E-state index in [1.807, 2.05) is 12.1 Å². The zero-order valence-corrected chi connectivity index (χ0v) is 12.2. The van der Waals surface area contributed by atoms with Gasteiger partial charge in [0.1, 0.15) is 17.8 Å². The van der Waals surface area contributed by atoms with Crippen molar-refractivity contribution in [1.29, 1.82) is 0 Å². The molecule has 3 heterocycles. The van der Waals surface area contributed by atoms with Crippen molar-refractivity contribution in [1.82, 2.24) is 4.98 Å². The first-order valence-corrected chi connectivity index (χ1v) is 7.04. The van der Waals surface area contributed by atoms with E-state index in [1.54, 1.807) is 0 Å². The molecule has 0 bridgehead atoms. The third-order valence-electron chi connectivity index (χ3n) is 3.26. The highest BCUT2D eigenvalue weighted by molar-refractivity contribution is 5.77. The predicted molar refractivity (Wildman–Crippen MR) is 83.8 cm³/mol. The van der Waals surface area contributed by atoms with E-state index < -0.39 is 4.92 Å². The zero-order chi connectivity index (χ0) is 16.1. The van der Waals surface area contributed by atoms with Crippen LogP contribution in [0.15, 0.2) is 40.0 Å². The van der Waals surface area contributed by atoms with Gasteiger partial charge in [-0.3, -0.25) is 15.5 Å². The molecule has 2 aromatic rings. The molecule has 2 aromatic heterocycles. The monoisotopic (exact) mass is 317 g/mol. The Kier molecular flexibility index (Phi) is 4.48. The lowest BCUT2D eigenvalue weighted by atomic mass is 10.4. The van der Waals surface area contributed by atoms with Crippen molar-refractivity contribution in [3.63, 3.8) is 0 Å². The average molecular weight is 317 g/mol. The first kappa shape index (κ1) is 15.0. The summed E-state index contributed by atoms with van der Waals surface area (Å²) >= 11 is 0. The fourth-order valence-electron chi connectivity index (χ4n) is 2.09. The molecule has 1 N–H and O–H groups in total. The van der Waals surface area contributed by atoms with Crippen LogP contribution < -0.4 is 10.3 Å². The lowest BCUT2D eigenvalue weighted by molar-refractivity contribution is -0.385. The second-order valence-corrected chi connectivity index (χ2v) is 4.80. The summed E-state index contributed by atoms with van der Waals surface area (Å²) in [5.74, 6) is 1.79. The maximum Gasteiger partial charge on any atom is 0.287 e. The van der Waals surface area contributed by atoms with Gasteiger partial charge in [-0.05, 0) is 12.1 Å². The van der Waals surface area contributed by atoms with Crippen LogP contribution in [0.4, 0.5) is 17.4 Å². The van der Waals surface area contributed by atoms with Gasteiger partial charge >= 0.3 is 0 Å². The number of rotatable bonds is 5. The number of anilines is 2. The lowest BCUT2D eigenvalue weighted by Crippen LogP contribution is -2.35. The Morgan fingerprint density at radius 1 is 1.30 bits per heavy atom. The molecule has 0 saturated carbocycles. The third-order valence-corrected chi connectivity index (χ3v) is 3.26. The van der Waals surface area contributed by atoms with Crippen LogP contribution in [0.5, 0.6) is 0 Å². The molecule has 9 nitrogen and oxygen atoms in total. The molecule has 0 spiro atoms. The highest BCUT2D eigenvalue weighted by atomic mass is 16.6. The normalized spacial score (nSPS) is 15.0. The van der Waals surface area contributed by atoms with Crippen LogP contribution in [-0.2, 0) is 4.74 Å². The molecule has 0 unspecified atom stereocenters. The number of nitrogens with one attached hydrogen (secondary N) is 1. The Hall–Kier alpha value is -2.94. The molecule has 0 atom stereocenters. The van der Waals surface area contributed by atoms with Crippen molar-refractivity contribution < 1.29 is 14.1 Å². The molecule has 0 aliphatic carbocycles. The van der Waals surface area contributed by atoms with Gasteiger partial charge in [-0.15, -0.1) is 0 Å². The standard InChI is InChI=1S/C14H15N5O4/c20-19(21)11-1-3-13(15-9-11)17-16-10-12-2-4-14(23-12)18-5-7-22-8-6-18/h1-4,9-10H,5-8H2,(H,15,17)/b16-10+. The van der Waals surface area contributed by atoms with Crippen LogP contribution >= 0.6 is 0 Å². The summed E-state index contributed by atoms with van der Waals surface area (Å²) in [6.45, 7) is 2.99. The molecule has 1 aliphatic heterocycles. The predicted octanol–water partition coefficient (Wildman–Crippen LogP) is 1.87. The Labute approximate surface area is 131 Å². The first-order valence-electron chi connectivity index (χ1n) is 7.04. The summed E-state index contributed by atoms with van der Waals surface area (Å²) < 4.78 is 11.0. The summed E-state index contributed by atoms with van der Waals surface area (Å²) in [5.41, 5.74) is 2.62. The fourth-order valence-corrected chi connectivity index (χ4v) is 2.09. The van der Waals surface area contributed by atoms with Gasteiger partial charge in [0.05, 0.1) is 24.4 Å². The number of nitro groups is 1. The molecule has 9 heteroatoms. The van der Waals surface area contributed by atoms with E-state index in [1.165, 1.54) is 24.5 Å². The maximum atomic E-state index is 10.5. The van der Waals surface area contributed by atoms with Crippen molar-refractivity contribution >= 4 is 23.6 Å². The Morgan fingerprint density at radius 3 is 2.83 bits per heavy atom. The topological polar surface area (TPSA) is 106 Å². The molecule has 23 heavy (non-hydrogen) atoms. The molecule has 1 fully saturated rings. The van der Waals surface area contributed by atoms with Gasteiger partial charge in [-0.2, -0.15) is 5.10 Å². The molecule has 1 saturated heterocycles. The first-order chi connectivity index (χ1) is 11.2. The molecular weight excluding hydrogens is 302 g/mol. The van der Waals surface area contributed by atoms with Gasteiger partial charge in [0.2, 0.25) is 0 Å². The van der Waals surface area contributed by atoms with E-state index in [0.717, 1.165) is 19.0 Å². The van der Waals surface area contributed by atoms with Crippen LogP contribution in [0.2, 0.25) is 0 Å². The molecular formula is C14H15N5O4. The summed E-state index contributed by atoms with van der Waals surface area (Å²) in [6, 6.07) is 6.54. The minimum absolute atomic E-state index is 0.0688. The number of morpholine rings is 1. The minimum atomic E-state index is -0.504. The SMILES string of the molecule is O=[N+]([O-])c1ccc(N/N=C/c2ccc(N3CCOCC3)o2)nc1. The summed E-state index contributed by atoms with van der Waals surface area (Å²) in [6.07, 6.45) is 2.69. The van der Waals surface area contributed by atoms with E-state index >= 15 is 0 Å². The number of ether oxygens (including phenoxy) is 1. The second kappa shape index (κ2) is 6.88. The van der Waals surface area contributed by atoms with Gasteiger partial charge < -0.3 is 14.1 Å². The van der Waals surface area contributed by atoms with Crippen LogP contribution in [0.3, 0.4) is 0 Å². The van der Waals surface area contributed by atoms with E-state index in [4.69, 9.17) is 9.15 Å². The van der Waals surface area contributed by atoms with Crippen LogP contribution in [-0.4, -0.2) is 42.4 Å². The number of hydrogen-bond donors (Lipinski definition) is 1. The molecule has 0 radical (unpaired) electrons. The number of hydrogen-bond acceptors (Lipinski definition) is 8. The van der Waals surface area contributed by atoms with Crippen LogP contribution in [0, 0.1) is 10.1 Å². The van der Waals surface area contributed by atoms with Crippen LogP contribution in [0.25, 0.3) is 0 Å². The van der Waals surface area contributed by atoms with Crippen LogP contribution in [0.1, 0.15) is 5.76 Å². The largest absolute Gasteiger partial charge is 0.440 e. The van der Waals surface area contributed by atoms with Gasteiger partial charge in [-0.25, -0.2) is 4.98 Å². The Bertz CT molecular complexity index is 691. The number of hydrazone groups is 1. The van der Waals surface area contributed by atoms with Gasteiger partial charge in [0, 0.05) is 25.2 Å². The molecule has 0 amide bonds. The lowest BCUT2D eigenvalue weighted by Gasteiger charge is -2.26. The number of aromatic nitrogens is 1. The fraction of sp³-hybridized carbons (Fsp3) is 0.286. The van der Waals surface area contributed by atoms with Crippen molar-refractivity contribution in [2.45, 2.75) is 0 Å². The maximum absolute atomic E-state index is 10.5. The molecule has 0 aromatic carbocycles. The minimum Gasteiger partial charge on any atom is -0.440 e. The van der Waals surface area contributed by atoms with E-state index in [9.17, 15) is 10.1 Å². The second-order valence-electron chi connectivity index (χ2n) is 4.80. The number of pyridine rings is 1. The summed E-state index contributed by atoms with van der Waals surface area (Å²) in [7, 11) is 0. The average Bonchev–Trinajstić information content (AvgIpc) is 3.05. The Balaban J connectivity index is 1.57. The highest BCUT2D eigenvalue weighted by Gasteiger charge is 2.14. The van der Waals surface area contributed by atoms with Gasteiger partial charge in [0.15, 0.2) is 5.88 Å². The van der Waals surface area contributed by atoms with Gasteiger partial charge in [0.25, 0.3) is 5.69 Å². The quantitative estimate of drug-likeness (QED) is 0.509. The van der Waals surface area contributed by atoms with Crippen molar-refractivity contribution in [2.24, 2.45) is 5.10 Å². The molecule has 120 valence electrons. The number of furan rings is 1. The van der Waals surface area contributed by atoms with Crippen molar-refractivity contribution in [2.75, 3.05) is 36.6 Å². The Morgan fingerprint density at radius 2 is 2.13 bits per heavy atom. The molecule has 1 aliphatic rings. The van der Waals surface area contributed by atoms with Crippen molar-refractivity contribution in [3.05, 3.63) is 46.3 Å². The smallest absolute Gasteiger partial charge is 0.287 e. The third kappa shape index (κ3) is 3.83. The zero-order valence-electron chi connectivity index (χ0n) is 12.2. The van der Waals surface area contributed by atoms with E-state index in [-0.39, 0.29) is 5.69 Å². The van der Waals surface area contributed by atoms with Gasteiger partial charge in [-0.1, -0.05) is 0 Å². The van der Waals surface area contributed by atoms with E-state index in [0.29, 0.717) is 24.8 Å². The van der Waals surface area contributed by atoms with E-state index in [2.05, 4.69) is 20.4 Å². The summed E-state index contributed by atoms with van der Waals surface area (Å²) in [4.78, 5) is 16.0. The highest BCUT2D eigenvalue weighted by Crippen LogP contribution is 2.18. The summed E-state index contributed by atoms with van der Waals surface area (Å²) in [5, 5.41) is 14.5. The number of nitrogens with zero attached hydrogens (tertiary/aromatic N) is 4.